The highest BCUT2D eigenvalue weighted by atomic mass is 35.5. The molecule has 27 heavy (non-hydrogen) atoms. The van der Waals surface area contributed by atoms with Crippen LogP contribution in [-0.2, 0) is 20.8 Å². The molecule has 0 bridgehead atoms. The molecule has 152 valence electrons. The minimum atomic E-state index is -4.55. The van der Waals surface area contributed by atoms with Gasteiger partial charge in [-0.25, -0.2) is 8.42 Å². The largest absolute Gasteiger partial charge is 0.416 e. The molecule has 1 N–H and O–H groups in total. The summed E-state index contributed by atoms with van der Waals surface area (Å²) in [5.74, 6) is -0.559. The Labute approximate surface area is 161 Å². The first kappa shape index (κ1) is 22.0. The average Bonchev–Trinajstić information content (AvgIpc) is 2.55. The van der Waals surface area contributed by atoms with E-state index in [4.69, 9.17) is 11.6 Å². The van der Waals surface area contributed by atoms with Crippen molar-refractivity contribution < 1.29 is 26.4 Å². The van der Waals surface area contributed by atoms with Crippen molar-refractivity contribution in [2.24, 2.45) is 0 Å². The number of carbonyl (C=O) groups excluding carboxylic acids is 1. The fraction of sp³-hybridized carbons (Fsp3) is 0.588. The van der Waals surface area contributed by atoms with Crippen LogP contribution < -0.4 is 5.32 Å². The summed E-state index contributed by atoms with van der Waals surface area (Å²) >= 11 is 5.88. The summed E-state index contributed by atoms with van der Waals surface area (Å²) in [6.45, 7) is -0.150. The van der Waals surface area contributed by atoms with Gasteiger partial charge in [-0.05, 0) is 38.1 Å². The summed E-state index contributed by atoms with van der Waals surface area (Å²) < 4.78 is 62.5. The van der Waals surface area contributed by atoms with Crippen molar-refractivity contribution in [3.05, 3.63) is 28.8 Å². The molecule has 1 aliphatic carbocycles. The molecule has 1 fully saturated rings. The molecular weight excluding hydrogens is 405 g/mol. The Morgan fingerprint density at radius 3 is 2.52 bits per heavy atom. The Morgan fingerprint density at radius 2 is 1.93 bits per heavy atom. The van der Waals surface area contributed by atoms with Gasteiger partial charge in [0.15, 0.2) is 9.84 Å². The van der Waals surface area contributed by atoms with Gasteiger partial charge in [-0.2, -0.15) is 13.2 Å². The molecule has 10 heteroatoms. The van der Waals surface area contributed by atoms with Crippen molar-refractivity contribution in [1.82, 2.24) is 4.90 Å². The van der Waals surface area contributed by atoms with Gasteiger partial charge >= 0.3 is 6.18 Å². The zero-order chi connectivity index (χ0) is 20.4. The maximum Gasteiger partial charge on any atom is 0.416 e. The molecule has 0 saturated heterocycles. The van der Waals surface area contributed by atoms with Crippen molar-refractivity contribution in [2.45, 2.75) is 43.2 Å². The van der Waals surface area contributed by atoms with Gasteiger partial charge in [0.1, 0.15) is 0 Å². The highest BCUT2D eigenvalue weighted by Crippen LogP contribution is 2.34. The van der Waals surface area contributed by atoms with Crippen molar-refractivity contribution in [3.63, 3.8) is 0 Å². The lowest BCUT2D eigenvalue weighted by molar-refractivity contribution is -0.137. The number of nitrogens with zero attached hydrogens (tertiary/aromatic N) is 1. The zero-order valence-electron chi connectivity index (χ0n) is 15.0. The number of sulfone groups is 1. The number of anilines is 1. The van der Waals surface area contributed by atoms with Gasteiger partial charge in [-0.15, -0.1) is 0 Å². The molecule has 0 aromatic heterocycles. The van der Waals surface area contributed by atoms with E-state index >= 15 is 0 Å². The van der Waals surface area contributed by atoms with Crippen LogP contribution in [0.15, 0.2) is 18.2 Å². The van der Waals surface area contributed by atoms with Crippen molar-refractivity contribution in [2.75, 3.05) is 25.2 Å². The van der Waals surface area contributed by atoms with Crippen LogP contribution in [0.5, 0.6) is 0 Å². The van der Waals surface area contributed by atoms with E-state index in [0.717, 1.165) is 31.0 Å². The number of amides is 1. The van der Waals surface area contributed by atoms with Gasteiger partial charge < -0.3 is 5.32 Å². The third-order valence-corrected chi connectivity index (χ3v) is 6.72. The number of nitrogens with one attached hydrogen (secondary N) is 1. The highest BCUT2D eigenvalue weighted by Gasteiger charge is 2.36. The summed E-state index contributed by atoms with van der Waals surface area (Å²) in [5, 5.41) is 1.82. The van der Waals surface area contributed by atoms with E-state index in [-0.39, 0.29) is 23.3 Å². The normalized spacial score (nSPS) is 21.3. The maximum atomic E-state index is 12.8. The SMILES string of the molecule is CN(CC(=O)Nc1cc(C(F)(F)F)ccc1Cl)[C@H]1CCCC[C@H]1S(C)(=O)=O. The summed E-state index contributed by atoms with van der Waals surface area (Å²) in [7, 11) is -1.62. The number of likely N-dealkylation sites (N-methyl/N-ethyl adjacent to an activating group) is 1. The number of hydrogen-bond acceptors (Lipinski definition) is 4. The van der Waals surface area contributed by atoms with Crippen LogP contribution in [0.4, 0.5) is 18.9 Å². The lowest BCUT2D eigenvalue weighted by Crippen LogP contribution is -2.49. The van der Waals surface area contributed by atoms with Crippen LogP contribution in [-0.4, -0.2) is 50.4 Å². The first-order chi connectivity index (χ1) is 12.4. The quantitative estimate of drug-likeness (QED) is 0.781. The van der Waals surface area contributed by atoms with Crippen LogP contribution in [0.3, 0.4) is 0 Å². The molecule has 1 saturated carbocycles. The van der Waals surface area contributed by atoms with Crippen molar-refractivity contribution in [1.29, 1.82) is 0 Å². The summed E-state index contributed by atoms with van der Waals surface area (Å²) in [6.07, 6.45) is -0.505. The first-order valence-electron chi connectivity index (χ1n) is 8.45. The molecule has 0 radical (unpaired) electrons. The molecule has 5 nitrogen and oxygen atoms in total. The van der Waals surface area contributed by atoms with E-state index in [9.17, 15) is 26.4 Å². The zero-order valence-corrected chi connectivity index (χ0v) is 16.6. The second kappa shape index (κ2) is 8.36. The average molecular weight is 427 g/mol. The molecule has 0 spiro atoms. The Kier molecular flexibility index (Phi) is 6.81. The molecule has 2 atom stereocenters. The third kappa shape index (κ3) is 5.83. The second-order valence-corrected chi connectivity index (χ2v) is 9.55. The maximum absolute atomic E-state index is 12.8. The molecule has 0 unspecified atom stereocenters. The Hall–Kier alpha value is -1.32. The van der Waals surface area contributed by atoms with Gasteiger partial charge in [-0.3, -0.25) is 9.69 Å². The molecule has 0 heterocycles. The standard InChI is InChI=1S/C17H22ClF3N2O3S/c1-23(14-5-3-4-6-15(14)27(2,25)26)10-16(24)22-13-9-11(17(19,20)21)7-8-12(13)18/h7-9,14-15H,3-6,10H2,1-2H3,(H,22,24)/t14-,15+/m0/s1. The van der Waals surface area contributed by atoms with Gasteiger partial charge in [0, 0.05) is 12.3 Å². The van der Waals surface area contributed by atoms with Gasteiger partial charge in [-0.1, -0.05) is 24.4 Å². The minimum absolute atomic E-state index is 0.00863. The van der Waals surface area contributed by atoms with Crippen LogP contribution in [0.25, 0.3) is 0 Å². The van der Waals surface area contributed by atoms with E-state index in [1.54, 1.807) is 11.9 Å². The number of rotatable bonds is 5. The van der Waals surface area contributed by atoms with E-state index in [2.05, 4.69) is 5.32 Å². The van der Waals surface area contributed by atoms with Crippen LogP contribution >= 0.6 is 11.6 Å². The minimum Gasteiger partial charge on any atom is -0.324 e. The first-order valence-corrected chi connectivity index (χ1v) is 10.8. The summed E-state index contributed by atoms with van der Waals surface area (Å²) in [6, 6.07) is 2.38. The van der Waals surface area contributed by atoms with E-state index in [1.807, 2.05) is 0 Å². The van der Waals surface area contributed by atoms with Crippen LogP contribution in [0.2, 0.25) is 5.02 Å². The molecular formula is C17H22ClF3N2O3S. The highest BCUT2D eigenvalue weighted by molar-refractivity contribution is 7.91. The summed E-state index contributed by atoms with van der Waals surface area (Å²) in [5.41, 5.74) is -1.05. The lowest BCUT2D eigenvalue weighted by atomic mass is 9.94. The monoisotopic (exact) mass is 426 g/mol. The number of hydrogen-bond donors (Lipinski definition) is 1. The summed E-state index contributed by atoms with van der Waals surface area (Å²) in [4.78, 5) is 13.9. The van der Waals surface area contributed by atoms with E-state index in [1.165, 1.54) is 6.26 Å². The van der Waals surface area contributed by atoms with Gasteiger partial charge in [0.2, 0.25) is 5.91 Å². The fourth-order valence-corrected chi connectivity index (χ4v) is 5.09. The van der Waals surface area contributed by atoms with Gasteiger partial charge in [0.25, 0.3) is 0 Å². The van der Waals surface area contributed by atoms with E-state index < -0.39 is 32.7 Å². The topological polar surface area (TPSA) is 66.5 Å². The molecule has 0 aliphatic heterocycles. The smallest absolute Gasteiger partial charge is 0.324 e. The number of alkyl halides is 3. The van der Waals surface area contributed by atoms with Gasteiger partial charge in [0.05, 0.1) is 28.1 Å². The Morgan fingerprint density at radius 1 is 1.30 bits per heavy atom. The Balaban J connectivity index is 2.09. The number of benzene rings is 1. The van der Waals surface area contributed by atoms with Crippen molar-refractivity contribution in [3.8, 4) is 0 Å². The predicted octanol–water partition coefficient (Wildman–Crippen LogP) is 3.58. The van der Waals surface area contributed by atoms with Crippen LogP contribution in [0, 0.1) is 0 Å². The lowest BCUT2D eigenvalue weighted by Gasteiger charge is -2.36. The third-order valence-electron chi connectivity index (χ3n) is 4.74. The molecule has 1 aromatic carbocycles. The molecule has 1 aliphatic rings. The molecule has 2 rings (SSSR count). The fourth-order valence-electron chi connectivity index (χ4n) is 3.41. The second-order valence-electron chi connectivity index (χ2n) is 6.88. The van der Waals surface area contributed by atoms with Crippen LogP contribution in [0.1, 0.15) is 31.2 Å². The number of halogens is 4. The molecule has 1 amide bonds. The molecule has 1 aromatic rings. The van der Waals surface area contributed by atoms with E-state index in [0.29, 0.717) is 12.8 Å². The van der Waals surface area contributed by atoms with Crippen molar-refractivity contribution >= 4 is 33.0 Å². The Bertz CT molecular complexity index is 799. The predicted molar refractivity (Wildman–Crippen MR) is 98.6 cm³/mol. The number of carbonyl (C=O) groups is 1.